The normalized spacial score (nSPS) is 11.1. The Balaban J connectivity index is 4.35. The maximum Gasteiger partial charge on any atom is 0.326 e. The molecule has 7 nitrogen and oxygen atoms in total. The summed E-state index contributed by atoms with van der Waals surface area (Å²) in [6, 6.07) is -1.77. The molecule has 0 aromatic carbocycles. The summed E-state index contributed by atoms with van der Waals surface area (Å²) in [5.74, 6) is 0.394. The van der Waals surface area contributed by atoms with E-state index in [2.05, 4.69) is 11.2 Å². The SMILES string of the molecule is C#CCN(C)C(=O)N[C@H](CCC(N)=O)C(=O)O. The van der Waals surface area contributed by atoms with E-state index in [1.54, 1.807) is 0 Å². The number of hydrogen-bond donors (Lipinski definition) is 3. The monoisotopic (exact) mass is 241 g/mol. The standard InChI is InChI=1S/C10H15N3O4/c1-3-6-13(2)10(17)12-7(9(15)16)4-5-8(11)14/h1,7H,4-6H2,2H3,(H2,11,14)(H,12,17)(H,15,16)/t7-/m1/s1. The molecule has 4 N–H and O–H groups in total. The molecule has 3 amide bonds. The van der Waals surface area contributed by atoms with Gasteiger partial charge in [-0.3, -0.25) is 4.79 Å². The van der Waals surface area contributed by atoms with Gasteiger partial charge in [0.15, 0.2) is 0 Å². The molecule has 94 valence electrons. The number of carbonyl (C=O) groups is 3. The van der Waals surface area contributed by atoms with Crippen molar-refractivity contribution in [1.82, 2.24) is 10.2 Å². The summed E-state index contributed by atoms with van der Waals surface area (Å²) < 4.78 is 0. The third-order valence-electron chi connectivity index (χ3n) is 1.95. The Labute approximate surface area is 99.0 Å². The molecular formula is C10H15N3O4. The van der Waals surface area contributed by atoms with Crippen LogP contribution in [0.2, 0.25) is 0 Å². The lowest BCUT2D eigenvalue weighted by Gasteiger charge is -2.19. The molecule has 0 aliphatic heterocycles. The van der Waals surface area contributed by atoms with Gasteiger partial charge in [-0.1, -0.05) is 5.92 Å². The van der Waals surface area contributed by atoms with E-state index in [0.717, 1.165) is 4.90 Å². The van der Waals surface area contributed by atoms with Gasteiger partial charge in [0, 0.05) is 13.5 Å². The second-order valence-corrected chi connectivity index (χ2v) is 3.41. The third kappa shape index (κ3) is 6.04. The Hall–Kier alpha value is -2.23. The number of hydrogen-bond acceptors (Lipinski definition) is 3. The Morgan fingerprint density at radius 3 is 2.53 bits per heavy atom. The molecule has 0 radical (unpaired) electrons. The van der Waals surface area contributed by atoms with Crippen molar-refractivity contribution in [2.75, 3.05) is 13.6 Å². The third-order valence-corrected chi connectivity index (χ3v) is 1.95. The molecule has 0 heterocycles. The van der Waals surface area contributed by atoms with Crippen molar-refractivity contribution in [3.8, 4) is 12.3 Å². The first kappa shape index (κ1) is 14.8. The molecule has 0 saturated heterocycles. The summed E-state index contributed by atoms with van der Waals surface area (Å²) in [6.07, 6.45) is 4.84. The molecule has 0 saturated carbocycles. The minimum atomic E-state index is -1.23. The highest BCUT2D eigenvalue weighted by atomic mass is 16.4. The van der Waals surface area contributed by atoms with Crippen LogP contribution in [0.25, 0.3) is 0 Å². The van der Waals surface area contributed by atoms with Gasteiger partial charge in [0.1, 0.15) is 6.04 Å². The lowest BCUT2D eigenvalue weighted by molar-refractivity contribution is -0.139. The summed E-state index contributed by atoms with van der Waals surface area (Å²) >= 11 is 0. The van der Waals surface area contributed by atoms with Crippen LogP contribution < -0.4 is 11.1 Å². The van der Waals surface area contributed by atoms with Crippen LogP contribution in [0.5, 0.6) is 0 Å². The molecule has 0 aromatic heterocycles. The Morgan fingerprint density at radius 1 is 1.53 bits per heavy atom. The fourth-order valence-corrected chi connectivity index (χ4v) is 1.01. The average Bonchev–Trinajstić information content (AvgIpc) is 2.23. The van der Waals surface area contributed by atoms with Crippen molar-refractivity contribution >= 4 is 17.9 Å². The van der Waals surface area contributed by atoms with Crippen molar-refractivity contribution in [2.45, 2.75) is 18.9 Å². The van der Waals surface area contributed by atoms with Crippen molar-refractivity contribution < 1.29 is 19.5 Å². The topological polar surface area (TPSA) is 113 Å². The maximum absolute atomic E-state index is 11.4. The van der Waals surface area contributed by atoms with Crippen LogP contribution in [0.15, 0.2) is 0 Å². The molecule has 0 aliphatic carbocycles. The summed E-state index contributed by atoms with van der Waals surface area (Å²) in [6.45, 7) is 0.0635. The highest BCUT2D eigenvalue weighted by Gasteiger charge is 2.21. The minimum absolute atomic E-state index is 0.0553. The molecule has 0 bridgehead atoms. The first-order valence-electron chi connectivity index (χ1n) is 4.84. The first-order chi connectivity index (χ1) is 7.88. The summed E-state index contributed by atoms with van der Waals surface area (Å²) in [5, 5.41) is 11.1. The number of carbonyl (C=O) groups excluding carboxylic acids is 2. The van der Waals surface area contributed by atoms with Crippen molar-refractivity contribution in [3.05, 3.63) is 0 Å². The molecule has 0 aromatic rings. The van der Waals surface area contributed by atoms with Crippen LogP contribution in [0.3, 0.4) is 0 Å². The molecule has 17 heavy (non-hydrogen) atoms. The highest BCUT2D eigenvalue weighted by molar-refractivity contribution is 5.83. The van der Waals surface area contributed by atoms with E-state index in [1.165, 1.54) is 7.05 Å². The number of amides is 3. The van der Waals surface area contributed by atoms with Gasteiger partial charge in [-0.15, -0.1) is 6.42 Å². The van der Waals surface area contributed by atoms with Crippen LogP contribution in [0.1, 0.15) is 12.8 Å². The molecule has 0 spiro atoms. The molecule has 7 heteroatoms. The smallest absolute Gasteiger partial charge is 0.326 e. The van der Waals surface area contributed by atoms with Crippen LogP contribution in [-0.2, 0) is 9.59 Å². The highest BCUT2D eigenvalue weighted by Crippen LogP contribution is 1.98. The molecule has 0 aliphatic rings. The van der Waals surface area contributed by atoms with Gasteiger partial charge in [0.05, 0.1) is 6.54 Å². The zero-order valence-electron chi connectivity index (χ0n) is 9.47. The largest absolute Gasteiger partial charge is 0.480 e. The fraction of sp³-hybridized carbons (Fsp3) is 0.500. The molecule has 0 rings (SSSR count). The van der Waals surface area contributed by atoms with E-state index in [4.69, 9.17) is 17.3 Å². The second kappa shape index (κ2) is 7.11. The number of nitrogens with two attached hydrogens (primary N) is 1. The quantitative estimate of drug-likeness (QED) is 0.516. The van der Waals surface area contributed by atoms with Gasteiger partial charge < -0.3 is 21.1 Å². The second-order valence-electron chi connectivity index (χ2n) is 3.41. The number of primary amides is 1. The number of terminal acetylenes is 1. The van der Waals surface area contributed by atoms with E-state index >= 15 is 0 Å². The molecule has 1 atom stereocenters. The van der Waals surface area contributed by atoms with E-state index in [1.807, 2.05) is 0 Å². The first-order valence-corrected chi connectivity index (χ1v) is 4.84. The van der Waals surface area contributed by atoms with E-state index < -0.39 is 23.9 Å². The van der Waals surface area contributed by atoms with Crippen LogP contribution >= 0.6 is 0 Å². The van der Waals surface area contributed by atoms with E-state index in [-0.39, 0.29) is 19.4 Å². The Kier molecular flexibility index (Phi) is 6.18. The number of carboxylic acids is 1. The number of rotatable bonds is 6. The van der Waals surface area contributed by atoms with Crippen LogP contribution in [-0.4, -0.2) is 47.5 Å². The predicted octanol–water partition coefficient (Wildman–Crippen LogP) is -1.02. The number of nitrogens with zero attached hydrogens (tertiary/aromatic N) is 1. The minimum Gasteiger partial charge on any atom is -0.480 e. The van der Waals surface area contributed by atoms with Gasteiger partial charge in [-0.2, -0.15) is 0 Å². The molecular weight excluding hydrogens is 226 g/mol. The maximum atomic E-state index is 11.4. The van der Waals surface area contributed by atoms with Crippen molar-refractivity contribution in [3.63, 3.8) is 0 Å². The van der Waals surface area contributed by atoms with Gasteiger partial charge in [0.25, 0.3) is 0 Å². The number of nitrogens with one attached hydrogen (secondary N) is 1. The average molecular weight is 241 g/mol. The van der Waals surface area contributed by atoms with E-state index in [9.17, 15) is 14.4 Å². The Bertz CT molecular complexity index is 348. The van der Waals surface area contributed by atoms with Crippen molar-refractivity contribution in [1.29, 1.82) is 0 Å². The van der Waals surface area contributed by atoms with Gasteiger partial charge >= 0.3 is 12.0 Å². The zero-order valence-corrected chi connectivity index (χ0v) is 9.47. The number of carboxylic acid groups (broad SMARTS) is 1. The Morgan fingerprint density at radius 2 is 2.12 bits per heavy atom. The lowest BCUT2D eigenvalue weighted by Crippen LogP contribution is -2.47. The zero-order chi connectivity index (χ0) is 13.4. The summed E-state index contributed by atoms with van der Waals surface area (Å²) in [5.41, 5.74) is 4.90. The molecule has 0 unspecified atom stereocenters. The van der Waals surface area contributed by atoms with Crippen LogP contribution in [0, 0.1) is 12.3 Å². The van der Waals surface area contributed by atoms with Gasteiger partial charge in [-0.25, -0.2) is 9.59 Å². The van der Waals surface area contributed by atoms with E-state index in [0.29, 0.717) is 0 Å². The predicted molar refractivity (Wildman–Crippen MR) is 59.8 cm³/mol. The van der Waals surface area contributed by atoms with Gasteiger partial charge in [0.2, 0.25) is 5.91 Å². The lowest BCUT2D eigenvalue weighted by atomic mass is 10.1. The van der Waals surface area contributed by atoms with Crippen molar-refractivity contribution in [2.24, 2.45) is 5.73 Å². The number of aliphatic carboxylic acids is 1. The summed E-state index contributed by atoms with van der Waals surface area (Å²) in [7, 11) is 1.43. The number of urea groups is 1. The van der Waals surface area contributed by atoms with Crippen LogP contribution in [0.4, 0.5) is 4.79 Å². The fourth-order valence-electron chi connectivity index (χ4n) is 1.01. The van der Waals surface area contributed by atoms with Gasteiger partial charge in [-0.05, 0) is 6.42 Å². The summed E-state index contributed by atoms with van der Waals surface area (Å²) in [4.78, 5) is 33.9. The molecule has 0 fully saturated rings.